The summed E-state index contributed by atoms with van der Waals surface area (Å²) in [6.45, 7) is 3.52. The molecule has 15 heavy (non-hydrogen) atoms. The second-order valence-corrected chi connectivity index (χ2v) is 4.68. The zero-order valence-electron chi connectivity index (χ0n) is 9.45. The number of carbonyl (C=O) groups excluding carboxylic acids is 2. The van der Waals surface area contributed by atoms with Gasteiger partial charge in [0.1, 0.15) is 6.04 Å². The molecule has 1 fully saturated rings. The van der Waals surface area contributed by atoms with Crippen LogP contribution < -0.4 is 5.32 Å². The van der Waals surface area contributed by atoms with Gasteiger partial charge < -0.3 is 10.2 Å². The van der Waals surface area contributed by atoms with Crippen LogP contribution in [0.15, 0.2) is 0 Å². The van der Waals surface area contributed by atoms with E-state index < -0.39 is 0 Å². The standard InChI is InChI=1S/C10H18N2O2S/c1-4-8(11-3)10(14)12-6-15-5-9(12)7(2)13/h8-9,11H,4-6H2,1-3H3/t8-,9-/m1/s1. The topological polar surface area (TPSA) is 49.4 Å². The Morgan fingerprint density at radius 2 is 2.27 bits per heavy atom. The molecule has 5 heteroatoms. The number of hydrogen-bond donors (Lipinski definition) is 1. The zero-order valence-corrected chi connectivity index (χ0v) is 10.3. The van der Waals surface area contributed by atoms with Crippen molar-refractivity contribution in [1.82, 2.24) is 10.2 Å². The van der Waals surface area contributed by atoms with Gasteiger partial charge in [0, 0.05) is 5.75 Å². The summed E-state index contributed by atoms with van der Waals surface area (Å²) in [5, 5.41) is 2.98. The van der Waals surface area contributed by atoms with Gasteiger partial charge in [-0.15, -0.1) is 11.8 Å². The molecule has 2 atom stereocenters. The van der Waals surface area contributed by atoms with Gasteiger partial charge in [0.15, 0.2) is 5.78 Å². The highest BCUT2D eigenvalue weighted by Crippen LogP contribution is 2.22. The molecule has 0 bridgehead atoms. The third kappa shape index (κ3) is 2.72. The summed E-state index contributed by atoms with van der Waals surface area (Å²) in [6.07, 6.45) is 0.751. The molecule has 4 nitrogen and oxygen atoms in total. The van der Waals surface area contributed by atoms with Crippen molar-refractivity contribution in [2.45, 2.75) is 32.4 Å². The largest absolute Gasteiger partial charge is 0.321 e. The van der Waals surface area contributed by atoms with E-state index >= 15 is 0 Å². The van der Waals surface area contributed by atoms with Crippen molar-refractivity contribution >= 4 is 23.5 Å². The molecule has 0 aromatic carbocycles. The van der Waals surface area contributed by atoms with E-state index in [0.717, 1.165) is 12.2 Å². The number of Topliss-reactive ketones (excluding diaryl/α,β-unsaturated/α-hetero) is 1. The van der Waals surface area contributed by atoms with Crippen molar-refractivity contribution < 1.29 is 9.59 Å². The SMILES string of the molecule is CC[C@@H](NC)C(=O)N1CSC[C@@H]1C(C)=O. The number of hydrogen-bond acceptors (Lipinski definition) is 4. The quantitative estimate of drug-likeness (QED) is 0.763. The smallest absolute Gasteiger partial charge is 0.241 e. The summed E-state index contributed by atoms with van der Waals surface area (Å²) in [7, 11) is 1.78. The first-order valence-corrected chi connectivity index (χ1v) is 6.33. The van der Waals surface area contributed by atoms with Crippen LogP contribution in [0.25, 0.3) is 0 Å². The van der Waals surface area contributed by atoms with Crippen molar-refractivity contribution in [2.24, 2.45) is 0 Å². The number of nitrogens with one attached hydrogen (secondary N) is 1. The summed E-state index contributed by atoms with van der Waals surface area (Å²) in [6, 6.07) is -0.379. The Labute approximate surface area is 94.8 Å². The first-order chi connectivity index (χ1) is 7.11. The van der Waals surface area contributed by atoms with Crippen molar-refractivity contribution in [1.29, 1.82) is 0 Å². The average molecular weight is 230 g/mol. The van der Waals surface area contributed by atoms with Crippen LogP contribution in [0.5, 0.6) is 0 Å². The summed E-state index contributed by atoms with van der Waals surface area (Å²) in [5.41, 5.74) is 0. The Bertz CT molecular complexity index is 254. The third-order valence-electron chi connectivity index (χ3n) is 2.69. The molecule has 0 spiro atoms. The van der Waals surface area contributed by atoms with Crippen LogP contribution in [0.2, 0.25) is 0 Å². The predicted octanol–water partition coefficient (Wildman–Crippen LogP) is 0.475. The van der Waals surface area contributed by atoms with E-state index in [2.05, 4.69) is 5.32 Å². The highest BCUT2D eigenvalue weighted by molar-refractivity contribution is 7.99. The van der Waals surface area contributed by atoms with Gasteiger partial charge in [-0.25, -0.2) is 0 Å². The number of rotatable bonds is 4. The molecule has 1 N–H and O–H groups in total. The Kier molecular flexibility index (Phi) is 4.60. The molecule has 1 aliphatic heterocycles. The van der Waals surface area contributed by atoms with E-state index in [4.69, 9.17) is 0 Å². The molecule has 1 saturated heterocycles. The van der Waals surface area contributed by atoms with Gasteiger partial charge in [-0.2, -0.15) is 0 Å². The van der Waals surface area contributed by atoms with Crippen LogP contribution in [0.1, 0.15) is 20.3 Å². The highest BCUT2D eigenvalue weighted by Gasteiger charge is 2.34. The predicted molar refractivity (Wildman–Crippen MR) is 61.8 cm³/mol. The van der Waals surface area contributed by atoms with E-state index in [0.29, 0.717) is 5.88 Å². The van der Waals surface area contributed by atoms with Crippen LogP contribution in [0.4, 0.5) is 0 Å². The average Bonchev–Trinajstić information content (AvgIpc) is 2.67. The maximum atomic E-state index is 12.0. The fourth-order valence-electron chi connectivity index (χ4n) is 1.70. The third-order valence-corrected chi connectivity index (χ3v) is 3.70. The zero-order chi connectivity index (χ0) is 11.4. The second-order valence-electron chi connectivity index (χ2n) is 3.68. The van der Waals surface area contributed by atoms with E-state index in [1.807, 2.05) is 6.92 Å². The fourth-order valence-corrected chi connectivity index (χ4v) is 2.95. The summed E-state index contributed by atoms with van der Waals surface area (Å²) < 4.78 is 0. The van der Waals surface area contributed by atoms with Gasteiger partial charge in [0.2, 0.25) is 5.91 Å². The molecule has 0 aliphatic carbocycles. The van der Waals surface area contributed by atoms with Crippen molar-refractivity contribution in [3.63, 3.8) is 0 Å². The molecule has 0 aromatic heterocycles. The molecule has 1 heterocycles. The number of likely N-dealkylation sites (N-methyl/N-ethyl adjacent to an activating group) is 1. The molecule has 1 amide bonds. The maximum absolute atomic E-state index is 12.0. The Morgan fingerprint density at radius 1 is 1.60 bits per heavy atom. The molecular formula is C10H18N2O2S. The molecule has 1 aliphatic rings. The second kappa shape index (κ2) is 5.51. The van der Waals surface area contributed by atoms with Gasteiger partial charge in [-0.1, -0.05) is 6.92 Å². The van der Waals surface area contributed by atoms with E-state index in [9.17, 15) is 9.59 Å². The van der Waals surface area contributed by atoms with E-state index in [1.165, 1.54) is 0 Å². The minimum atomic E-state index is -0.218. The number of ketones is 1. The molecule has 0 saturated carbocycles. The van der Waals surface area contributed by atoms with Gasteiger partial charge >= 0.3 is 0 Å². The van der Waals surface area contributed by atoms with Crippen molar-refractivity contribution in [2.75, 3.05) is 18.7 Å². The Hall–Kier alpha value is -0.550. The lowest BCUT2D eigenvalue weighted by Crippen LogP contribution is -2.49. The number of thioether (sulfide) groups is 1. The fraction of sp³-hybridized carbons (Fsp3) is 0.800. The molecular weight excluding hydrogens is 212 g/mol. The lowest BCUT2D eigenvalue weighted by atomic mass is 10.1. The minimum Gasteiger partial charge on any atom is -0.321 e. The van der Waals surface area contributed by atoms with Crippen LogP contribution in [-0.4, -0.2) is 47.4 Å². The lowest BCUT2D eigenvalue weighted by Gasteiger charge is -2.25. The van der Waals surface area contributed by atoms with Crippen LogP contribution in [-0.2, 0) is 9.59 Å². The summed E-state index contributed by atoms with van der Waals surface area (Å²) in [5.74, 6) is 1.51. The lowest BCUT2D eigenvalue weighted by molar-refractivity contribution is -0.138. The van der Waals surface area contributed by atoms with Crippen molar-refractivity contribution in [3.8, 4) is 0 Å². The van der Waals surface area contributed by atoms with Gasteiger partial charge in [0.25, 0.3) is 0 Å². The molecule has 0 aromatic rings. The number of nitrogens with zero attached hydrogens (tertiary/aromatic N) is 1. The molecule has 0 radical (unpaired) electrons. The number of carbonyl (C=O) groups is 2. The minimum absolute atomic E-state index is 0.0465. The van der Waals surface area contributed by atoms with Gasteiger partial charge in [0.05, 0.1) is 11.9 Å². The Balaban J connectivity index is 2.69. The summed E-state index contributed by atoms with van der Waals surface area (Å²) >= 11 is 1.64. The van der Waals surface area contributed by atoms with Crippen LogP contribution >= 0.6 is 11.8 Å². The molecule has 86 valence electrons. The molecule has 1 rings (SSSR count). The highest BCUT2D eigenvalue weighted by atomic mass is 32.2. The Morgan fingerprint density at radius 3 is 2.73 bits per heavy atom. The maximum Gasteiger partial charge on any atom is 0.241 e. The monoisotopic (exact) mass is 230 g/mol. The van der Waals surface area contributed by atoms with Crippen LogP contribution in [0, 0.1) is 0 Å². The summed E-state index contributed by atoms with van der Waals surface area (Å²) in [4.78, 5) is 25.0. The van der Waals surface area contributed by atoms with E-state index in [-0.39, 0.29) is 23.8 Å². The first kappa shape index (κ1) is 12.5. The molecule has 0 unspecified atom stereocenters. The van der Waals surface area contributed by atoms with Gasteiger partial charge in [-0.3, -0.25) is 9.59 Å². The van der Waals surface area contributed by atoms with Crippen molar-refractivity contribution in [3.05, 3.63) is 0 Å². The van der Waals surface area contributed by atoms with E-state index in [1.54, 1.807) is 30.6 Å². The number of amides is 1. The van der Waals surface area contributed by atoms with Crippen LogP contribution in [0.3, 0.4) is 0 Å². The normalized spacial score (nSPS) is 22.9. The van der Waals surface area contributed by atoms with Gasteiger partial charge in [-0.05, 0) is 20.4 Å². The first-order valence-electron chi connectivity index (χ1n) is 5.17.